The van der Waals surface area contributed by atoms with Crippen LogP contribution in [0, 0.1) is 0 Å². The second-order valence-electron chi connectivity index (χ2n) is 5.31. The van der Waals surface area contributed by atoms with Gasteiger partial charge in [0.05, 0.1) is 5.75 Å². The molecule has 0 aliphatic heterocycles. The number of sulfone groups is 1. The Balaban J connectivity index is 2.82. The Kier molecular flexibility index (Phi) is 5.41. The number of hydrogen-bond donors (Lipinski definition) is 2. The normalized spacial score (nSPS) is 12.5. The summed E-state index contributed by atoms with van der Waals surface area (Å²) >= 11 is 0. The maximum Gasteiger partial charge on any atom is 0.337 e. The molecule has 0 fully saturated rings. The summed E-state index contributed by atoms with van der Waals surface area (Å²) in [6.45, 7) is 3.77. The molecule has 1 aromatic rings. The third-order valence-electron chi connectivity index (χ3n) is 2.82. The van der Waals surface area contributed by atoms with E-state index in [0.717, 1.165) is 0 Å². The van der Waals surface area contributed by atoms with Gasteiger partial charge in [-0.25, -0.2) is 8.42 Å². The summed E-state index contributed by atoms with van der Waals surface area (Å²) in [5, 5.41) is 2.71. The number of carbonyl (C=O) groups is 1. The Bertz CT molecular complexity index is 598. The summed E-state index contributed by atoms with van der Waals surface area (Å²) in [5.41, 5.74) is 5.43. The molecule has 0 radical (unpaired) electrons. The van der Waals surface area contributed by atoms with Crippen LogP contribution in [0.15, 0.2) is 24.3 Å². The molecule has 1 aromatic carbocycles. The van der Waals surface area contributed by atoms with Gasteiger partial charge >= 0.3 is 5.76 Å². The first-order valence-electron chi connectivity index (χ1n) is 6.18. The van der Waals surface area contributed by atoms with Crippen LogP contribution in [0.25, 0.3) is 0 Å². The Morgan fingerprint density at radius 2 is 1.81 bits per heavy atom. The topological polar surface area (TPSA) is 89.3 Å². The first kappa shape index (κ1) is 17.5. The molecule has 0 aromatic heterocycles. The molecular formula is C13H18F2N2O3S. The molecular weight excluding hydrogens is 302 g/mol. The lowest BCUT2D eigenvalue weighted by molar-refractivity contribution is 0.0915. The first-order valence-corrected chi connectivity index (χ1v) is 7.90. The van der Waals surface area contributed by atoms with Crippen LogP contribution in [0.3, 0.4) is 0 Å². The lowest BCUT2D eigenvalue weighted by Gasteiger charge is -2.24. The number of alkyl halides is 2. The Hall–Kier alpha value is -1.54. The minimum absolute atomic E-state index is 0.199. The number of rotatable bonds is 6. The minimum atomic E-state index is -4.47. The molecule has 0 unspecified atom stereocenters. The molecule has 118 valence electrons. The summed E-state index contributed by atoms with van der Waals surface area (Å²) in [6.07, 6.45) is 0. The van der Waals surface area contributed by atoms with Crippen LogP contribution in [0.2, 0.25) is 0 Å². The molecule has 0 heterocycles. The molecule has 0 spiro atoms. The number of nitrogens with two attached hydrogens (primary N) is 1. The van der Waals surface area contributed by atoms with E-state index in [2.05, 4.69) is 5.32 Å². The average Bonchev–Trinajstić information content (AvgIpc) is 2.38. The van der Waals surface area contributed by atoms with E-state index >= 15 is 0 Å². The molecule has 0 saturated carbocycles. The first-order chi connectivity index (χ1) is 9.57. The Labute approximate surface area is 122 Å². The van der Waals surface area contributed by atoms with Gasteiger partial charge in [0.2, 0.25) is 9.84 Å². The average molecular weight is 320 g/mol. The Morgan fingerprint density at radius 1 is 1.29 bits per heavy atom. The predicted molar refractivity (Wildman–Crippen MR) is 75.7 cm³/mol. The van der Waals surface area contributed by atoms with Crippen LogP contribution in [-0.4, -0.2) is 32.2 Å². The van der Waals surface area contributed by atoms with Crippen molar-refractivity contribution in [2.45, 2.75) is 30.9 Å². The Morgan fingerprint density at radius 3 is 2.24 bits per heavy atom. The van der Waals surface area contributed by atoms with Gasteiger partial charge in [0, 0.05) is 17.6 Å². The number of nitrogens with one attached hydrogen (secondary N) is 1. The van der Waals surface area contributed by atoms with E-state index in [0.29, 0.717) is 5.56 Å². The minimum Gasteiger partial charge on any atom is -0.346 e. The lowest BCUT2D eigenvalue weighted by atomic mass is 10.0. The highest BCUT2D eigenvalue weighted by molar-refractivity contribution is 7.90. The molecule has 0 bridgehead atoms. The van der Waals surface area contributed by atoms with Gasteiger partial charge in [0.15, 0.2) is 0 Å². The SMILES string of the molecule is CC(C)(CN)NC(=O)c1ccc(CS(=O)(=O)C(F)F)cc1. The maximum atomic E-state index is 12.3. The van der Waals surface area contributed by atoms with Crippen molar-refractivity contribution in [3.63, 3.8) is 0 Å². The monoisotopic (exact) mass is 320 g/mol. The summed E-state index contributed by atoms with van der Waals surface area (Å²) < 4.78 is 46.7. The van der Waals surface area contributed by atoms with Crippen molar-refractivity contribution in [2.24, 2.45) is 5.73 Å². The highest BCUT2D eigenvalue weighted by atomic mass is 32.2. The summed E-state index contributed by atoms with van der Waals surface area (Å²) in [5.74, 6) is -4.54. The molecule has 0 saturated heterocycles. The third-order valence-corrected chi connectivity index (χ3v) is 4.10. The highest BCUT2D eigenvalue weighted by Crippen LogP contribution is 2.14. The number of amides is 1. The number of hydrogen-bond acceptors (Lipinski definition) is 4. The molecule has 8 heteroatoms. The largest absolute Gasteiger partial charge is 0.346 e. The van der Waals surface area contributed by atoms with Crippen LogP contribution in [0.5, 0.6) is 0 Å². The number of halogens is 2. The predicted octanol–water partition coefficient (Wildman–Crippen LogP) is 1.29. The molecule has 21 heavy (non-hydrogen) atoms. The van der Waals surface area contributed by atoms with Gasteiger partial charge in [-0.05, 0) is 31.5 Å². The van der Waals surface area contributed by atoms with Crippen molar-refractivity contribution < 1.29 is 22.0 Å². The van der Waals surface area contributed by atoms with Crippen LogP contribution < -0.4 is 11.1 Å². The third kappa shape index (κ3) is 5.05. The standard InChI is InChI=1S/C13H18F2N2O3S/c1-13(2,8-16)17-11(18)10-5-3-9(4-6-10)7-21(19,20)12(14)15/h3-6,12H,7-8,16H2,1-2H3,(H,17,18). The van der Waals surface area contributed by atoms with Crippen LogP contribution in [0.4, 0.5) is 8.78 Å². The lowest BCUT2D eigenvalue weighted by Crippen LogP contribution is -2.48. The second-order valence-corrected chi connectivity index (χ2v) is 7.28. The number of carbonyl (C=O) groups excluding carboxylic acids is 1. The van der Waals surface area contributed by atoms with E-state index < -0.39 is 26.9 Å². The maximum absolute atomic E-state index is 12.3. The van der Waals surface area contributed by atoms with E-state index in [1.165, 1.54) is 24.3 Å². The van der Waals surface area contributed by atoms with Gasteiger partial charge in [-0.2, -0.15) is 8.78 Å². The van der Waals surface area contributed by atoms with E-state index in [1.54, 1.807) is 13.8 Å². The van der Waals surface area contributed by atoms with Gasteiger partial charge in [0.1, 0.15) is 0 Å². The fraction of sp³-hybridized carbons (Fsp3) is 0.462. The molecule has 0 atom stereocenters. The molecule has 1 amide bonds. The quantitative estimate of drug-likeness (QED) is 0.826. The fourth-order valence-electron chi connectivity index (χ4n) is 1.48. The van der Waals surface area contributed by atoms with Crippen LogP contribution in [0.1, 0.15) is 29.8 Å². The molecule has 0 aliphatic rings. The van der Waals surface area contributed by atoms with Crippen molar-refractivity contribution in [3.05, 3.63) is 35.4 Å². The zero-order valence-corrected chi connectivity index (χ0v) is 12.6. The molecule has 1 rings (SSSR count). The highest BCUT2D eigenvalue weighted by Gasteiger charge is 2.24. The zero-order chi connectivity index (χ0) is 16.3. The van der Waals surface area contributed by atoms with Crippen molar-refractivity contribution in [1.82, 2.24) is 5.32 Å². The second kappa shape index (κ2) is 6.48. The van der Waals surface area contributed by atoms with E-state index in [4.69, 9.17) is 5.73 Å². The van der Waals surface area contributed by atoms with E-state index in [1.807, 2.05) is 0 Å². The summed E-state index contributed by atoms with van der Waals surface area (Å²) in [6, 6.07) is 5.45. The van der Waals surface area contributed by atoms with Crippen molar-refractivity contribution in [2.75, 3.05) is 6.54 Å². The van der Waals surface area contributed by atoms with Gasteiger partial charge < -0.3 is 11.1 Å². The fourth-order valence-corrected chi connectivity index (χ4v) is 2.26. The van der Waals surface area contributed by atoms with Gasteiger partial charge in [-0.3, -0.25) is 4.79 Å². The van der Waals surface area contributed by atoms with Crippen LogP contribution in [-0.2, 0) is 15.6 Å². The van der Waals surface area contributed by atoms with E-state index in [-0.39, 0.29) is 18.0 Å². The molecule has 3 N–H and O–H groups in total. The van der Waals surface area contributed by atoms with Crippen molar-refractivity contribution in [3.8, 4) is 0 Å². The van der Waals surface area contributed by atoms with Crippen molar-refractivity contribution >= 4 is 15.7 Å². The van der Waals surface area contributed by atoms with E-state index in [9.17, 15) is 22.0 Å². The summed E-state index contributed by atoms with van der Waals surface area (Å²) in [4.78, 5) is 11.9. The molecule has 0 aliphatic carbocycles. The van der Waals surface area contributed by atoms with Gasteiger partial charge in [0.25, 0.3) is 5.91 Å². The summed E-state index contributed by atoms with van der Waals surface area (Å²) in [7, 11) is -4.47. The zero-order valence-electron chi connectivity index (χ0n) is 11.8. The molecule has 5 nitrogen and oxygen atoms in total. The smallest absolute Gasteiger partial charge is 0.337 e. The van der Waals surface area contributed by atoms with Crippen LogP contribution >= 0.6 is 0 Å². The van der Waals surface area contributed by atoms with Gasteiger partial charge in [-0.1, -0.05) is 12.1 Å². The van der Waals surface area contributed by atoms with Gasteiger partial charge in [-0.15, -0.1) is 0 Å². The van der Waals surface area contributed by atoms with Crippen molar-refractivity contribution in [1.29, 1.82) is 0 Å². The number of benzene rings is 1.